The zero-order chi connectivity index (χ0) is 21.3. The third kappa shape index (κ3) is 3.85. The number of carboxylic acid groups (broad SMARTS) is 1. The lowest BCUT2D eigenvalue weighted by molar-refractivity contribution is 0.0662. The second-order valence-electron chi connectivity index (χ2n) is 6.94. The molecule has 0 unspecified atom stereocenters. The maximum atomic E-state index is 13.7. The summed E-state index contributed by atoms with van der Waals surface area (Å²) < 4.78 is 25.0. The van der Waals surface area contributed by atoms with Crippen LogP contribution >= 0.6 is 0 Å². The van der Waals surface area contributed by atoms with Gasteiger partial charge in [-0.15, -0.1) is 0 Å². The number of rotatable bonds is 2. The number of aliphatic hydroxyl groups excluding tert-OH is 1. The number of hydrogen-bond donors (Lipinski definition) is 3. The average molecular weight is 401 g/mol. The molecule has 1 aliphatic heterocycles. The van der Waals surface area contributed by atoms with Gasteiger partial charge < -0.3 is 25.1 Å². The number of halogens is 1. The van der Waals surface area contributed by atoms with Crippen molar-refractivity contribution in [2.75, 3.05) is 13.2 Å². The molecule has 3 aromatic rings. The Morgan fingerprint density at radius 2 is 1.86 bits per heavy atom. The van der Waals surface area contributed by atoms with Gasteiger partial charge in [0.15, 0.2) is 5.43 Å². The molecule has 0 aliphatic carbocycles. The summed E-state index contributed by atoms with van der Waals surface area (Å²) in [7, 11) is 0. The van der Waals surface area contributed by atoms with Crippen molar-refractivity contribution in [1.29, 1.82) is 0 Å². The van der Waals surface area contributed by atoms with Crippen molar-refractivity contribution in [2.45, 2.75) is 19.4 Å². The fourth-order valence-corrected chi connectivity index (χ4v) is 3.16. The molecule has 2 heterocycles. The Morgan fingerprint density at radius 3 is 2.48 bits per heavy atom. The van der Waals surface area contributed by atoms with Crippen molar-refractivity contribution < 1.29 is 28.6 Å². The van der Waals surface area contributed by atoms with Crippen molar-refractivity contribution in [1.82, 2.24) is 0 Å². The molecule has 0 bridgehead atoms. The lowest BCUT2D eigenvalue weighted by Gasteiger charge is -2.35. The summed E-state index contributed by atoms with van der Waals surface area (Å²) in [5.74, 6) is -1.68. The van der Waals surface area contributed by atoms with E-state index in [1.54, 1.807) is 12.1 Å². The number of nitrogens with two attached hydrogens (primary N) is 1. The van der Waals surface area contributed by atoms with Crippen molar-refractivity contribution in [2.24, 2.45) is 5.73 Å². The average Bonchev–Trinajstić information content (AvgIpc) is 2.67. The fourth-order valence-electron chi connectivity index (χ4n) is 3.16. The van der Waals surface area contributed by atoms with Crippen LogP contribution in [-0.4, -0.2) is 29.3 Å². The van der Waals surface area contributed by atoms with E-state index in [2.05, 4.69) is 0 Å². The first kappa shape index (κ1) is 20.5. The van der Waals surface area contributed by atoms with Gasteiger partial charge >= 0.3 is 5.97 Å². The van der Waals surface area contributed by atoms with Crippen LogP contribution in [0.2, 0.25) is 0 Å². The second kappa shape index (κ2) is 7.65. The van der Waals surface area contributed by atoms with E-state index in [9.17, 15) is 14.0 Å². The highest BCUT2D eigenvalue weighted by Crippen LogP contribution is 2.46. The normalized spacial score (nSPS) is 13.6. The highest BCUT2D eigenvalue weighted by molar-refractivity contribution is 5.92. The smallest absolute Gasteiger partial charge is 0.371 e. The SMILES string of the molecule is CC1(C)Oc2cc3oc(C(=O)O)cc(=O)c3cc2-c2ccc(F)cc21.NCCO. The number of hydrogen-bond acceptors (Lipinski definition) is 6. The molecule has 0 saturated carbocycles. The van der Waals surface area contributed by atoms with Crippen LogP contribution in [0.4, 0.5) is 4.39 Å². The molecular weight excluding hydrogens is 381 g/mol. The van der Waals surface area contributed by atoms with Crippen molar-refractivity contribution in [3.63, 3.8) is 0 Å². The van der Waals surface area contributed by atoms with Crippen LogP contribution in [-0.2, 0) is 5.60 Å². The monoisotopic (exact) mass is 401 g/mol. The molecule has 2 aromatic carbocycles. The zero-order valence-corrected chi connectivity index (χ0v) is 15.9. The minimum atomic E-state index is -1.32. The fraction of sp³-hybridized carbons (Fsp3) is 0.238. The summed E-state index contributed by atoms with van der Waals surface area (Å²) in [5, 5.41) is 17.0. The van der Waals surface area contributed by atoms with Gasteiger partial charge in [0.05, 0.1) is 12.0 Å². The summed E-state index contributed by atoms with van der Waals surface area (Å²) in [6.07, 6.45) is 0. The first-order valence-corrected chi connectivity index (χ1v) is 8.83. The Morgan fingerprint density at radius 1 is 1.17 bits per heavy atom. The number of ether oxygens (including phenoxy) is 1. The summed E-state index contributed by atoms with van der Waals surface area (Å²) in [5.41, 5.74) is 5.72. The van der Waals surface area contributed by atoms with Crippen LogP contribution in [0.3, 0.4) is 0 Å². The molecular formula is C21H20FNO6. The minimum absolute atomic E-state index is 0.0972. The maximum Gasteiger partial charge on any atom is 0.371 e. The first-order chi connectivity index (χ1) is 13.7. The van der Waals surface area contributed by atoms with Crippen molar-refractivity contribution >= 4 is 16.9 Å². The third-order valence-electron chi connectivity index (χ3n) is 4.45. The molecule has 4 rings (SSSR count). The van der Waals surface area contributed by atoms with Crippen LogP contribution in [0.1, 0.15) is 30.0 Å². The van der Waals surface area contributed by atoms with Crippen LogP contribution in [0.15, 0.2) is 45.6 Å². The van der Waals surface area contributed by atoms with Gasteiger partial charge in [-0.25, -0.2) is 9.18 Å². The number of fused-ring (bicyclic) bond motifs is 4. The third-order valence-corrected chi connectivity index (χ3v) is 4.45. The van der Waals surface area contributed by atoms with E-state index in [0.29, 0.717) is 23.4 Å². The van der Waals surface area contributed by atoms with Crippen LogP contribution in [0.5, 0.6) is 5.75 Å². The Labute approximate surface area is 165 Å². The van der Waals surface area contributed by atoms with Crippen LogP contribution in [0, 0.1) is 5.82 Å². The molecule has 8 heteroatoms. The molecule has 1 aliphatic rings. The van der Waals surface area contributed by atoms with Gasteiger partial charge in [-0.05, 0) is 37.6 Å². The highest BCUT2D eigenvalue weighted by atomic mass is 19.1. The Balaban J connectivity index is 0.000000552. The van der Waals surface area contributed by atoms with E-state index >= 15 is 0 Å². The molecule has 29 heavy (non-hydrogen) atoms. The van der Waals surface area contributed by atoms with E-state index < -0.39 is 22.8 Å². The summed E-state index contributed by atoms with van der Waals surface area (Å²) >= 11 is 0. The molecule has 152 valence electrons. The van der Waals surface area contributed by atoms with Gasteiger partial charge in [-0.1, -0.05) is 6.07 Å². The lowest BCUT2D eigenvalue weighted by Crippen LogP contribution is -2.29. The predicted molar refractivity (Wildman–Crippen MR) is 105 cm³/mol. The second-order valence-corrected chi connectivity index (χ2v) is 6.94. The van der Waals surface area contributed by atoms with Gasteiger partial charge in [0.25, 0.3) is 0 Å². The number of aromatic carboxylic acids is 1. The molecule has 0 atom stereocenters. The molecule has 7 nitrogen and oxygen atoms in total. The molecule has 0 amide bonds. The Bertz CT molecular complexity index is 1150. The van der Waals surface area contributed by atoms with Crippen molar-refractivity contribution in [3.8, 4) is 16.9 Å². The number of benzene rings is 2. The number of carboxylic acids is 1. The Kier molecular flexibility index (Phi) is 5.41. The van der Waals surface area contributed by atoms with E-state index in [-0.39, 0.29) is 23.4 Å². The molecule has 0 saturated heterocycles. The summed E-state index contributed by atoms with van der Waals surface area (Å²) in [6, 6.07) is 8.45. The predicted octanol–water partition coefficient (Wildman–Crippen LogP) is 2.86. The number of aliphatic hydroxyl groups is 1. The summed E-state index contributed by atoms with van der Waals surface area (Å²) in [4.78, 5) is 23.3. The van der Waals surface area contributed by atoms with Gasteiger partial charge in [0.2, 0.25) is 5.76 Å². The maximum absolute atomic E-state index is 13.7. The standard InChI is InChI=1S/C19H13FO5.C2H7NO/c1-19(2)13-5-9(20)3-4-10(13)11-6-12-14(21)7-17(18(22)23)24-15(12)8-16(11)25-19;3-1-2-4/h3-8H,1-2H3,(H,22,23);4H,1-3H2. The molecule has 0 fully saturated rings. The first-order valence-electron chi connectivity index (χ1n) is 8.83. The quantitative estimate of drug-likeness (QED) is 0.603. The molecule has 1 aromatic heterocycles. The Hall–Kier alpha value is -3.23. The lowest BCUT2D eigenvalue weighted by atomic mass is 9.85. The topological polar surface area (TPSA) is 123 Å². The van der Waals surface area contributed by atoms with Gasteiger partial charge in [-0.3, -0.25) is 4.79 Å². The van der Waals surface area contributed by atoms with Gasteiger partial charge in [0.1, 0.15) is 22.8 Å². The highest BCUT2D eigenvalue weighted by Gasteiger charge is 2.33. The molecule has 0 radical (unpaired) electrons. The largest absolute Gasteiger partial charge is 0.482 e. The molecule has 0 spiro atoms. The van der Waals surface area contributed by atoms with E-state index in [1.807, 2.05) is 13.8 Å². The van der Waals surface area contributed by atoms with Gasteiger partial charge in [0, 0.05) is 29.8 Å². The van der Waals surface area contributed by atoms with Gasteiger partial charge in [-0.2, -0.15) is 0 Å². The van der Waals surface area contributed by atoms with Crippen molar-refractivity contribution in [3.05, 3.63) is 63.8 Å². The summed E-state index contributed by atoms with van der Waals surface area (Å²) in [6.45, 7) is 4.09. The van der Waals surface area contributed by atoms with E-state index in [4.69, 9.17) is 25.1 Å². The van der Waals surface area contributed by atoms with E-state index in [0.717, 1.165) is 11.6 Å². The number of carbonyl (C=O) groups is 1. The van der Waals surface area contributed by atoms with Crippen LogP contribution in [0.25, 0.3) is 22.1 Å². The minimum Gasteiger partial charge on any atom is -0.482 e. The van der Waals surface area contributed by atoms with Crippen LogP contribution < -0.4 is 15.9 Å². The van der Waals surface area contributed by atoms with E-state index in [1.165, 1.54) is 18.2 Å². The molecule has 4 N–H and O–H groups in total. The zero-order valence-electron chi connectivity index (χ0n) is 15.9.